The maximum atomic E-state index is 12.6. The van der Waals surface area contributed by atoms with Crippen LogP contribution in [0.2, 0.25) is 0 Å². The summed E-state index contributed by atoms with van der Waals surface area (Å²) in [5, 5.41) is 2.52. The Labute approximate surface area is 109 Å². The molecule has 1 heterocycles. The molecule has 0 saturated heterocycles. The van der Waals surface area contributed by atoms with Gasteiger partial charge in [-0.25, -0.2) is 9.37 Å². The summed E-state index contributed by atoms with van der Waals surface area (Å²) in [5.74, 6) is -0.501. The topological polar surface area (TPSA) is 68.0 Å². The van der Waals surface area contributed by atoms with Crippen molar-refractivity contribution in [1.82, 2.24) is 4.98 Å². The third-order valence-electron chi connectivity index (χ3n) is 2.32. The van der Waals surface area contributed by atoms with Gasteiger partial charge in [-0.2, -0.15) is 0 Å². The first kappa shape index (κ1) is 12.8. The number of hydrogen-bond acceptors (Lipinski definition) is 3. The maximum absolute atomic E-state index is 12.6. The van der Waals surface area contributed by atoms with E-state index in [2.05, 4.69) is 10.3 Å². The van der Waals surface area contributed by atoms with E-state index in [1.54, 1.807) is 24.3 Å². The lowest BCUT2D eigenvalue weighted by Gasteiger charge is -2.00. The van der Waals surface area contributed by atoms with Crippen molar-refractivity contribution in [3.05, 3.63) is 60.1 Å². The Morgan fingerprint density at radius 3 is 2.84 bits per heavy atom. The van der Waals surface area contributed by atoms with Gasteiger partial charge in [0.25, 0.3) is 0 Å². The lowest BCUT2D eigenvalue weighted by Crippen LogP contribution is -2.09. The molecule has 4 nitrogen and oxygen atoms in total. The third kappa shape index (κ3) is 3.92. The average Bonchev–Trinajstić information content (AvgIpc) is 2.39. The minimum Gasteiger partial charge on any atom is -0.399 e. The lowest BCUT2D eigenvalue weighted by molar-refractivity contribution is -0.111. The molecule has 0 saturated carbocycles. The highest BCUT2D eigenvalue weighted by atomic mass is 19.1. The van der Waals surface area contributed by atoms with Crippen LogP contribution in [-0.4, -0.2) is 10.9 Å². The zero-order valence-corrected chi connectivity index (χ0v) is 10.0. The number of nitrogens with two attached hydrogens (primary N) is 1. The molecule has 2 rings (SSSR count). The monoisotopic (exact) mass is 257 g/mol. The fourth-order valence-corrected chi connectivity index (χ4v) is 1.45. The predicted octanol–water partition coefficient (Wildman–Crippen LogP) is 2.45. The first-order chi connectivity index (χ1) is 9.13. The second kappa shape index (κ2) is 5.77. The van der Waals surface area contributed by atoms with Crippen molar-refractivity contribution in [2.75, 3.05) is 11.1 Å². The summed E-state index contributed by atoms with van der Waals surface area (Å²) in [4.78, 5) is 15.3. The molecule has 0 aliphatic rings. The van der Waals surface area contributed by atoms with Crippen molar-refractivity contribution < 1.29 is 9.18 Å². The van der Waals surface area contributed by atoms with Crippen molar-refractivity contribution in [2.24, 2.45) is 0 Å². The Balaban J connectivity index is 1.99. The van der Waals surface area contributed by atoms with E-state index in [4.69, 9.17) is 5.73 Å². The van der Waals surface area contributed by atoms with Crippen LogP contribution in [0, 0.1) is 5.82 Å². The molecule has 3 N–H and O–H groups in total. The number of amides is 1. The van der Waals surface area contributed by atoms with Crippen LogP contribution < -0.4 is 11.1 Å². The van der Waals surface area contributed by atoms with Crippen LogP contribution in [-0.2, 0) is 4.79 Å². The number of benzene rings is 1. The highest BCUT2D eigenvalue weighted by Gasteiger charge is 1.99. The summed E-state index contributed by atoms with van der Waals surface area (Å²) in [6, 6.07) is 9.76. The number of aromatic nitrogens is 1. The van der Waals surface area contributed by atoms with E-state index in [0.29, 0.717) is 11.5 Å². The summed E-state index contributed by atoms with van der Waals surface area (Å²) in [7, 11) is 0. The van der Waals surface area contributed by atoms with Gasteiger partial charge in [-0.15, -0.1) is 0 Å². The van der Waals surface area contributed by atoms with E-state index >= 15 is 0 Å². The van der Waals surface area contributed by atoms with Gasteiger partial charge in [0.1, 0.15) is 11.6 Å². The molecule has 0 fully saturated rings. The van der Waals surface area contributed by atoms with Crippen molar-refractivity contribution in [3.8, 4) is 0 Å². The fraction of sp³-hybridized carbons (Fsp3) is 0. The molecule has 0 spiro atoms. The normalized spacial score (nSPS) is 10.6. The number of anilines is 2. The summed E-state index contributed by atoms with van der Waals surface area (Å²) < 4.78 is 12.6. The quantitative estimate of drug-likeness (QED) is 0.655. The summed E-state index contributed by atoms with van der Waals surface area (Å²) >= 11 is 0. The molecule has 1 aromatic heterocycles. The second-order valence-corrected chi connectivity index (χ2v) is 3.85. The number of carbonyl (C=O) groups excluding carboxylic acids is 1. The van der Waals surface area contributed by atoms with Gasteiger partial charge in [0, 0.05) is 11.8 Å². The van der Waals surface area contributed by atoms with Gasteiger partial charge in [0.15, 0.2) is 0 Å². The molecular formula is C14H12FN3O. The molecule has 1 aromatic carbocycles. The average molecular weight is 257 g/mol. The van der Waals surface area contributed by atoms with Gasteiger partial charge in [0.05, 0.1) is 6.20 Å². The number of rotatable bonds is 3. The third-order valence-corrected chi connectivity index (χ3v) is 2.32. The summed E-state index contributed by atoms with van der Waals surface area (Å²) in [6.45, 7) is 0. The SMILES string of the molecule is Nc1cccc(/C=C/C(=O)Nc2ccc(F)cn2)c1. The fourth-order valence-electron chi connectivity index (χ4n) is 1.45. The zero-order valence-electron chi connectivity index (χ0n) is 10.0. The van der Waals surface area contributed by atoms with Gasteiger partial charge in [-0.05, 0) is 35.9 Å². The Hall–Kier alpha value is -2.69. The second-order valence-electron chi connectivity index (χ2n) is 3.85. The van der Waals surface area contributed by atoms with E-state index in [9.17, 15) is 9.18 Å². The molecule has 1 amide bonds. The molecule has 0 radical (unpaired) electrons. The minimum atomic E-state index is -0.451. The largest absolute Gasteiger partial charge is 0.399 e. The van der Waals surface area contributed by atoms with E-state index < -0.39 is 5.82 Å². The molecule has 0 bridgehead atoms. The minimum absolute atomic E-state index is 0.295. The van der Waals surface area contributed by atoms with E-state index in [1.165, 1.54) is 18.2 Å². The number of pyridine rings is 1. The van der Waals surface area contributed by atoms with Crippen molar-refractivity contribution in [1.29, 1.82) is 0 Å². The van der Waals surface area contributed by atoms with Crippen molar-refractivity contribution in [2.45, 2.75) is 0 Å². The predicted molar refractivity (Wildman–Crippen MR) is 72.7 cm³/mol. The van der Waals surface area contributed by atoms with Crippen LogP contribution >= 0.6 is 0 Å². The number of nitrogen functional groups attached to an aromatic ring is 1. The molecule has 19 heavy (non-hydrogen) atoms. The first-order valence-corrected chi connectivity index (χ1v) is 5.59. The van der Waals surface area contributed by atoms with E-state index in [1.807, 2.05) is 6.07 Å². The smallest absolute Gasteiger partial charge is 0.249 e. The highest BCUT2D eigenvalue weighted by Crippen LogP contribution is 2.08. The summed E-state index contributed by atoms with van der Waals surface area (Å²) in [5.41, 5.74) is 7.07. The Morgan fingerprint density at radius 1 is 1.32 bits per heavy atom. The van der Waals surface area contributed by atoms with E-state index in [-0.39, 0.29) is 5.91 Å². The molecule has 5 heteroatoms. The van der Waals surface area contributed by atoms with Gasteiger partial charge in [0.2, 0.25) is 5.91 Å². The molecule has 0 aliphatic heterocycles. The lowest BCUT2D eigenvalue weighted by atomic mass is 10.2. The maximum Gasteiger partial charge on any atom is 0.249 e. The van der Waals surface area contributed by atoms with Crippen LogP contribution in [0.4, 0.5) is 15.9 Å². The first-order valence-electron chi connectivity index (χ1n) is 5.59. The van der Waals surface area contributed by atoms with Crippen LogP contribution in [0.15, 0.2) is 48.7 Å². The van der Waals surface area contributed by atoms with Crippen LogP contribution in [0.3, 0.4) is 0 Å². The van der Waals surface area contributed by atoms with Crippen LogP contribution in [0.25, 0.3) is 6.08 Å². The van der Waals surface area contributed by atoms with Gasteiger partial charge in [-0.1, -0.05) is 12.1 Å². The van der Waals surface area contributed by atoms with Gasteiger partial charge in [-0.3, -0.25) is 4.79 Å². The van der Waals surface area contributed by atoms with Gasteiger partial charge >= 0.3 is 0 Å². The molecule has 0 atom stereocenters. The molecular weight excluding hydrogens is 245 g/mol. The number of carbonyl (C=O) groups is 1. The number of nitrogens with zero attached hydrogens (tertiary/aromatic N) is 1. The molecule has 96 valence electrons. The summed E-state index contributed by atoms with van der Waals surface area (Å²) in [6.07, 6.45) is 4.03. The van der Waals surface area contributed by atoms with Gasteiger partial charge < -0.3 is 11.1 Å². The number of hydrogen-bond donors (Lipinski definition) is 2. The molecule has 0 unspecified atom stereocenters. The molecule has 0 aliphatic carbocycles. The highest BCUT2D eigenvalue weighted by molar-refractivity contribution is 6.01. The van der Waals surface area contributed by atoms with E-state index in [0.717, 1.165) is 11.8 Å². The number of halogens is 1. The van der Waals surface area contributed by atoms with Crippen LogP contribution in [0.5, 0.6) is 0 Å². The van der Waals surface area contributed by atoms with Crippen LogP contribution in [0.1, 0.15) is 5.56 Å². The Kier molecular flexibility index (Phi) is 3.87. The van der Waals surface area contributed by atoms with Crippen molar-refractivity contribution >= 4 is 23.5 Å². The number of nitrogens with one attached hydrogen (secondary N) is 1. The standard InChI is InChI=1S/C14H12FN3O/c15-11-5-6-13(17-9-11)18-14(19)7-4-10-2-1-3-12(16)8-10/h1-9H,16H2,(H,17,18,19)/b7-4+. The molecule has 2 aromatic rings. The van der Waals surface area contributed by atoms with Crippen molar-refractivity contribution in [3.63, 3.8) is 0 Å². The zero-order chi connectivity index (χ0) is 13.7. The Bertz CT molecular complexity index is 608. The Morgan fingerprint density at radius 2 is 2.16 bits per heavy atom.